The number of fused-ring (bicyclic) bond motifs is 1. The van der Waals surface area contributed by atoms with Gasteiger partial charge in [0, 0.05) is 11.8 Å². The number of hydrogen-bond acceptors (Lipinski definition) is 7. The summed E-state index contributed by atoms with van der Waals surface area (Å²) in [7, 11) is -1.92. The van der Waals surface area contributed by atoms with E-state index < -0.39 is 27.6 Å². The van der Waals surface area contributed by atoms with Crippen molar-refractivity contribution < 1.29 is 27.1 Å². The average molecular weight is 500 g/mol. The number of rotatable bonds is 5. The Balaban J connectivity index is 1.55. The molecule has 3 amide bonds. The summed E-state index contributed by atoms with van der Waals surface area (Å²) in [5.41, 5.74) is 1.62. The molecule has 0 bridgehead atoms. The van der Waals surface area contributed by atoms with Gasteiger partial charge in [-0.1, -0.05) is 23.5 Å². The summed E-state index contributed by atoms with van der Waals surface area (Å²) in [5, 5.41) is 4.94. The zero-order chi connectivity index (χ0) is 24.5. The highest BCUT2D eigenvalue weighted by Gasteiger charge is 2.18. The maximum atomic E-state index is 13.4. The first-order chi connectivity index (χ1) is 16.1. The van der Waals surface area contributed by atoms with E-state index in [1.165, 1.54) is 49.6 Å². The van der Waals surface area contributed by atoms with Gasteiger partial charge in [0.15, 0.2) is 15.0 Å². The Morgan fingerprint density at radius 3 is 2.44 bits per heavy atom. The van der Waals surface area contributed by atoms with Crippen LogP contribution >= 0.6 is 11.3 Å². The molecule has 4 aromatic rings. The number of sulfone groups is 1. The normalized spacial score (nSPS) is 11.3. The molecule has 3 aromatic carbocycles. The van der Waals surface area contributed by atoms with Crippen LogP contribution in [0.2, 0.25) is 0 Å². The van der Waals surface area contributed by atoms with Gasteiger partial charge in [-0.05, 0) is 59.7 Å². The van der Waals surface area contributed by atoms with Crippen molar-refractivity contribution in [2.75, 3.05) is 18.7 Å². The molecule has 0 fully saturated rings. The lowest BCUT2D eigenvalue weighted by Gasteiger charge is -2.12. The van der Waals surface area contributed by atoms with Crippen LogP contribution in [-0.2, 0) is 9.84 Å². The van der Waals surface area contributed by atoms with Gasteiger partial charge in [-0.3, -0.25) is 15.4 Å². The van der Waals surface area contributed by atoms with Crippen LogP contribution in [0.3, 0.4) is 0 Å². The largest absolute Gasteiger partial charge is 0.497 e. The van der Waals surface area contributed by atoms with Crippen molar-refractivity contribution in [1.29, 1.82) is 0 Å². The topological polar surface area (TPSA) is 114 Å². The minimum Gasteiger partial charge on any atom is -0.497 e. The number of nitrogens with zero attached hydrogens (tertiary/aromatic N) is 1. The number of halogens is 1. The monoisotopic (exact) mass is 499 g/mol. The summed E-state index contributed by atoms with van der Waals surface area (Å²) in [4.78, 5) is 29.7. The van der Waals surface area contributed by atoms with E-state index in [1.807, 2.05) is 0 Å². The molecule has 174 valence electrons. The molecular weight excluding hydrogens is 481 g/mol. The number of urea groups is 1. The Morgan fingerprint density at radius 1 is 1.03 bits per heavy atom. The van der Waals surface area contributed by atoms with Gasteiger partial charge in [0.2, 0.25) is 0 Å². The van der Waals surface area contributed by atoms with Gasteiger partial charge in [0.25, 0.3) is 5.91 Å². The lowest BCUT2D eigenvalue weighted by molar-refractivity contribution is 0.0967. The second-order valence-corrected chi connectivity index (χ2v) is 10.3. The molecule has 1 heterocycles. The number of ether oxygens (including phenoxy) is 1. The number of thiazole rings is 1. The van der Waals surface area contributed by atoms with E-state index >= 15 is 0 Å². The molecule has 0 aliphatic heterocycles. The third-order valence-electron chi connectivity index (χ3n) is 4.86. The van der Waals surface area contributed by atoms with Gasteiger partial charge in [0.1, 0.15) is 11.6 Å². The highest BCUT2D eigenvalue weighted by molar-refractivity contribution is 7.90. The molecule has 0 spiro atoms. The van der Waals surface area contributed by atoms with Gasteiger partial charge in [-0.15, -0.1) is 0 Å². The molecule has 0 unspecified atom stereocenters. The second kappa shape index (κ2) is 9.20. The number of benzene rings is 3. The minimum absolute atomic E-state index is 0.115. The van der Waals surface area contributed by atoms with Crippen LogP contribution in [0.4, 0.5) is 14.3 Å². The van der Waals surface area contributed by atoms with Crippen LogP contribution in [0.25, 0.3) is 21.3 Å². The van der Waals surface area contributed by atoms with Crippen LogP contribution in [0.5, 0.6) is 5.75 Å². The number of carbonyl (C=O) groups excluding carboxylic acids is 2. The number of methoxy groups -OCH3 is 1. The Labute approximate surface area is 198 Å². The van der Waals surface area contributed by atoms with E-state index in [1.54, 1.807) is 18.2 Å². The quantitative estimate of drug-likeness (QED) is 0.419. The molecule has 0 saturated carbocycles. The Kier molecular flexibility index (Phi) is 6.31. The van der Waals surface area contributed by atoms with Crippen molar-refractivity contribution >= 4 is 48.5 Å². The number of nitrogens with one attached hydrogen (secondary N) is 2. The van der Waals surface area contributed by atoms with Crippen LogP contribution in [0, 0.1) is 5.82 Å². The van der Waals surface area contributed by atoms with Gasteiger partial charge >= 0.3 is 6.03 Å². The van der Waals surface area contributed by atoms with E-state index in [0.29, 0.717) is 27.1 Å². The summed E-state index contributed by atoms with van der Waals surface area (Å²) in [6.07, 6.45) is 1.10. The van der Waals surface area contributed by atoms with Crippen molar-refractivity contribution in [1.82, 2.24) is 10.3 Å². The Morgan fingerprint density at radius 2 is 1.76 bits per heavy atom. The molecule has 0 atom stereocenters. The lowest BCUT2D eigenvalue weighted by atomic mass is 9.98. The first-order valence-corrected chi connectivity index (χ1v) is 12.5. The van der Waals surface area contributed by atoms with Gasteiger partial charge in [-0.2, -0.15) is 0 Å². The Hall–Kier alpha value is -3.83. The number of anilines is 1. The Bertz CT molecular complexity index is 1520. The second-order valence-electron chi connectivity index (χ2n) is 7.25. The summed E-state index contributed by atoms with van der Waals surface area (Å²) in [6.45, 7) is 0. The summed E-state index contributed by atoms with van der Waals surface area (Å²) >= 11 is 1.13. The van der Waals surface area contributed by atoms with Gasteiger partial charge in [-0.25, -0.2) is 22.6 Å². The predicted molar refractivity (Wildman–Crippen MR) is 128 cm³/mol. The van der Waals surface area contributed by atoms with Gasteiger partial charge < -0.3 is 4.74 Å². The standard InChI is InChI=1S/C23H18FN3O5S2/c1-32-15-7-9-17(18(11-15)13-3-5-14(24)6-4-13)21(28)26-22(29)27-23-25-19-12-16(34(2,30)31)8-10-20(19)33-23/h3-12H,1-2H3,(H2,25,26,27,28,29). The number of imide groups is 1. The molecule has 8 nitrogen and oxygen atoms in total. The van der Waals surface area contributed by atoms with Crippen molar-refractivity contribution in [3.63, 3.8) is 0 Å². The zero-order valence-corrected chi connectivity index (χ0v) is 19.6. The third-order valence-corrected chi connectivity index (χ3v) is 6.92. The lowest BCUT2D eigenvalue weighted by Crippen LogP contribution is -2.34. The smallest absolute Gasteiger partial charge is 0.327 e. The maximum absolute atomic E-state index is 13.4. The van der Waals surface area contributed by atoms with Crippen molar-refractivity contribution in [2.45, 2.75) is 4.90 Å². The molecule has 2 N–H and O–H groups in total. The third kappa shape index (κ3) is 5.05. The highest BCUT2D eigenvalue weighted by atomic mass is 32.2. The van der Waals surface area contributed by atoms with Crippen LogP contribution in [0.15, 0.2) is 65.6 Å². The number of amides is 3. The number of hydrogen-bond donors (Lipinski definition) is 2. The fourth-order valence-electron chi connectivity index (χ4n) is 3.21. The predicted octanol–water partition coefficient (Wildman–Crippen LogP) is 4.48. The number of carbonyl (C=O) groups is 2. The van der Waals surface area contributed by atoms with Crippen LogP contribution in [0.1, 0.15) is 10.4 Å². The zero-order valence-electron chi connectivity index (χ0n) is 18.0. The molecular formula is C23H18FN3O5S2. The highest BCUT2D eigenvalue weighted by Crippen LogP contribution is 2.29. The van der Waals surface area contributed by atoms with E-state index in [2.05, 4.69) is 15.6 Å². The fraction of sp³-hybridized carbons (Fsp3) is 0.0870. The first kappa shape index (κ1) is 23.3. The molecule has 1 aromatic heterocycles. The van der Waals surface area contributed by atoms with Gasteiger partial charge in [0.05, 0.1) is 22.2 Å². The number of aromatic nitrogens is 1. The minimum atomic E-state index is -3.40. The molecule has 4 rings (SSSR count). The average Bonchev–Trinajstić information content (AvgIpc) is 3.19. The van der Waals surface area contributed by atoms with Crippen LogP contribution in [-0.4, -0.2) is 38.7 Å². The van der Waals surface area contributed by atoms with Crippen LogP contribution < -0.4 is 15.4 Å². The molecule has 0 aliphatic rings. The molecule has 0 radical (unpaired) electrons. The SMILES string of the molecule is COc1ccc(C(=O)NC(=O)Nc2nc3cc(S(C)(=O)=O)ccc3s2)c(-c2ccc(F)cc2)c1. The van der Waals surface area contributed by atoms with E-state index in [4.69, 9.17) is 4.74 Å². The summed E-state index contributed by atoms with van der Waals surface area (Å²) in [5.74, 6) is -0.611. The van der Waals surface area contributed by atoms with Crippen molar-refractivity contribution in [3.8, 4) is 16.9 Å². The van der Waals surface area contributed by atoms with Crippen molar-refractivity contribution in [2.24, 2.45) is 0 Å². The maximum Gasteiger partial charge on any atom is 0.327 e. The first-order valence-electron chi connectivity index (χ1n) is 9.81. The van der Waals surface area contributed by atoms with E-state index in [0.717, 1.165) is 17.6 Å². The van der Waals surface area contributed by atoms with E-state index in [-0.39, 0.29) is 15.6 Å². The fourth-order valence-corrected chi connectivity index (χ4v) is 4.69. The summed E-state index contributed by atoms with van der Waals surface area (Å²) in [6, 6.07) is 13.9. The molecule has 0 aliphatic carbocycles. The molecule has 11 heteroatoms. The molecule has 0 saturated heterocycles. The van der Waals surface area contributed by atoms with E-state index in [9.17, 15) is 22.4 Å². The summed E-state index contributed by atoms with van der Waals surface area (Å²) < 4.78 is 42.7. The molecule has 34 heavy (non-hydrogen) atoms. The van der Waals surface area contributed by atoms with Crippen molar-refractivity contribution in [3.05, 3.63) is 72.0 Å².